The minimum atomic E-state index is -3.12. The Morgan fingerprint density at radius 1 is 1.30 bits per heavy atom. The maximum absolute atomic E-state index is 12.8. The van der Waals surface area contributed by atoms with Gasteiger partial charge in [-0.15, -0.1) is 0 Å². The van der Waals surface area contributed by atoms with Crippen molar-refractivity contribution in [1.82, 2.24) is 4.90 Å². The number of ether oxygens (including phenoxy) is 1. The van der Waals surface area contributed by atoms with Gasteiger partial charge in [-0.1, -0.05) is 11.6 Å². The van der Waals surface area contributed by atoms with Crippen molar-refractivity contribution in [2.24, 2.45) is 0 Å². The van der Waals surface area contributed by atoms with E-state index in [4.69, 9.17) is 20.8 Å². The molecule has 0 spiro atoms. The Hall–Kier alpha value is -1.99. The van der Waals surface area contributed by atoms with Crippen molar-refractivity contribution in [2.45, 2.75) is 32.9 Å². The number of carbonyl (C=O) groups is 1. The van der Waals surface area contributed by atoms with Gasteiger partial charge in [0.05, 0.1) is 18.1 Å². The molecule has 0 bridgehead atoms. The molecule has 0 aliphatic carbocycles. The van der Waals surface area contributed by atoms with Crippen molar-refractivity contribution in [1.29, 1.82) is 0 Å². The first-order chi connectivity index (χ1) is 12.7. The summed E-state index contributed by atoms with van der Waals surface area (Å²) in [5, 5.41) is 0.625. The van der Waals surface area contributed by atoms with E-state index in [9.17, 15) is 13.2 Å². The zero-order chi connectivity index (χ0) is 19.6. The SMILES string of the molecule is Cc1ccc(CN(C(=O)COc2ccc(Cl)c(C)c2)[C@@H]2CCS(=O)(=O)C2)o1. The quantitative estimate of drug-likeness (QED) is 0.729. The second kappa shape index (κ2) is 7.94. The summed E-state index contributed by atoms with van der Waals surface area (Å²) in [4.78, 5) is 14.4. The van der Waals surface area contributed by atoms with Gasteiger partial charge in [-0.2, -0.15) is 0 Å². The van der Waals surface area contributed by atoms with Crippen LogP contribution >= 0.6 is 11.6 Å². The fourth-order valence-corrected chi connectivity index (χ4v) is 4.96. The van der Waals surface area contributed by atoms with Crippen molar-refractivity contribution in [2.75, 3.05) is 18.1 Å². The molecule has 8 heteroatoms. The molecular formula is C19H22ClNO5S. The summed E-state index contributed by atoms with van der Waals surface area (Å²) in [6.45, 7) is 3.71. The summed E-state index contributed by atoms with van der Waals surface area (Å²) >= 11 is 6.00. The molecule has 3 rings (SSSR count). The maximum atomic E-state index is 12.8. The van der Waals surface area contributed by atoms with Crippen LogP contribution in [-0.4, -0.2) is 43.4 Å². The number of furan rings is 1. The highest BCUT2D eigenvalue weighted by Gasteiger charge is 2.35. The van der Waals surface area contributed by atoms with Crippen LogP contribution in [0.2, 0.25) is 5.02 Å². The number of hydrogen-bond donors (Lipinski definition) is 0. The van der Waals surface area contributed by atoms with E-state index in [1.54, 1.807) is 29.2 Å². The zero-order valence-electron chi connectivity index (χ0n) is 15.3. The van der Waals surface area contributed by atoms with Gasteiger partial charge in [0.15, 0.2) is 16.4 Å². The second-order valence-electron chi connectivity index (χ2n) is 6.79. The van der Waals surface area contributed by atoms with Gasteiger partial charge in [0.25, 0.3) is 5.91 Å². The Labute approximate surface area is 164 Å². The molecular weight excluding hydrogens is 390 g/mol. The number of aryl methyl sites for hydroxylation is 2. The van der Waals surface area contributed by atoms with Crippen LogP contribution in [0.1, 0.15) is 23.5 Å². The molecule has 27 heavy (non-hydrogen) atoms. The fourth-order valence-electron chi connectivity index (χ4n) is 3.12. The van der Waals surface area contributed by atoms with Crippen molar-refractivity contribution in [3.8, 4) is 5.75 Å². The lowest BCUT2D eigenvalue weighted by Crippen LogP contribution is -2.43. The van der Waals surface area contributed by atoms with Crippen LogP contribution in [0.25, 0.3) is 0 Å². The summed E-state index contributed by atoms with van der Waals surface area (Å²) < 4.78 is 34.9. The average molecular weight is 412 g/mol. The van der Waals surface area contributed by atoms with Gasteiger partial charge in [0, 0.05) is 11.1 Å². The number of nitrogens with zero attached hydrogens (tertiary/aromatic N) is 1. The van der Waals surface area contributed by atoms with Crippen LogP contribution in [0.3, 0.4) is 0 Å². The highest BCUT2D eigenvalue weighted by atomic mass is 35.5. The second-order valence-corrected chi connectivity index (χ2v) is 9.43. The van der Waals surface area contributed by atoms with E-state index < -0.39 is 9.84 Å². The third-order valence-electron chi connectivity index (χ3n) is 4.58. The molecule has 1 aromatic carbocycles. The minimum Gasteiger partial charge on any atom is -0.484 e. The largest absolute Gasteiger partial charge is 0.484 e. The van der Waals surface area contributed by atoms with Gasteiger partial charge in [-0.3, -0.25) is 4.79 Å². The van der Waals surface area contributed by atoms with Crippen molar-refractivity contribution in [3.63, 3.8) is 0 Å². The minimum absolute atomic E-state index is 0.0293. The molecule has 146 valence electrons. The van der Waals surface area contributed by atoms with Crippen LogP contribution < -0.4 is 4.74 Å². The van der Waals surface area contributed by atoms with E-state index in [1.165, 1.54) is 0 Å². The molecule has 0 unspecified atom stereocenters. The first-order valence-electron chi connectivity index (χ1n) is 8.68. The Bertz CT molecular complexity index is 937. The zero-order valence-corrected chi connectivity index (χ0v) is 16.8. The van der Waals surface area contributed by atoms with Gasteiger partial charge in [0.2, 0.25) is 0 Å². The predicted octanol–water partition coefficient (Wildman–Crippen LogP) is 3.14. The number of benzene rings is 1. The van der Waals surface area contributed by atoms with Crippen LogP contribution in [0.5, 0.6) is 5.75 Å². The Balaban J connectivity index is 1.72. The summed E-state index contributed by atoms with van der Waals surface area (Å²) in [6, 6.07) is 8.41. The smallest absolute Gasteiger partial charge is 0.261 e. The monoisotopic (exact) mass is 411 g/mol. The first kappa shape index (κ1) is 19.8. The third-order valence-corrected chi connectivity index (χ3v) is 6.76. The topological polar surface area (TPSA) is 76.8 Å². The molecule has 1 saturated heterocycles. The summed E-state index contributed by atoms with van der Waals surface area (Å²) in [5.74, 6) is 1.68. The van der Waals surface area contributed by atoms with Crippen LogP contribution in [0, 0.1) is 13.8 Å². The summed E-state index contributed by atoms with van der Waals surface area (Å²) in [7, 11) is -3.12. The number of rotatable bonds is 6. The predicted molar refractivity (Wildman–Crippen MR) is 103 cm³/mol. The normalized spacial score (nSPS) is 18.4. The van der Waals surface area contributed by atoms with E-state index in [0.717, 1.165) is 11.3 Å². The lowest BCUT2D eigenvalue weighted by molar-refractivity contribution is -0.136. The molecule has 1 aromatic heterocycles. The number of sulfone groups is 1. The van der Waals surface area contributed by atoms with E-state index in [2.05, 4.69) is 0 Å². The molecule has 1 amide bonds. The Morgan fingerprint density at radius 2 is 2.07 bits per heavy atom. The lowest BCUT2D eigenvalue weighted by Gasteiger charge is -2.27. The third kappa shape index (κ3) is 5.05. The number of hydrogen-bond acceptors (Lipinski definition) is 5. The molecule has 2 heterocycles. The van der Waals surface area contributed by atoms with E-state index in [1.807, 2.05) is 19.9 Å². The standard InChI is InChI=1S/C19H22ClNO5S/c1-13-9-16(5-6-18(13)20)25-11-19(22)21(10-17-4-3-14(2)26-17)15-7-8-27(23,24)12-15/h3-6,9,15H,7-8,10-12H2,1-2H3/t15-/m1/s1. The van der Waals surface area contributed by atoms with Gasteiger partial charge in [-0.25, -0.2) is 8.42 Å². The molecule has 2 aromatic rings. The Morgan fingerprint density at radius 3 is 2.67 bits per heavy atom. The highest BCUT2D eigenvalue weighted by molar-refractivity contribution is 7.91. The average Bonchev–Trinajstić information content (AvgIpc) is 3.18. The van der Waals surface area contributed by atoms with Crippen LogP contribution in [-0.2, 0) is 21.2 Å². The van der Waals surface area contributed by atoms with Crippen molar-refractivity contribution < 1.29 is 22.4 Å². The van der Waals surface area contributed by atoms with E-state index in [0.29, 0.717) is 23.0 Å². The molecule has 1 atom stereocenters. The number of halogens is 1. The molecule has 6 nitrogen and oxygen atoms in total. The lowest BCUT2D eigenvalue weighted by atomic mass is 10.2. The number of amides is 1. The summed E-state index contributed by atoms with van der Waals surface area (Å²) in [6.07, 6.45) is 0.424. The molecule has 0 radical (unpaired) electrons. The van der Waals surface area contributed by atoms with Crippen molar-refractivity contribution in [3.05, 3.63) is 52.4 Å². The summed E-state index contributed by atoms with van der Waals surface area (Å²) in [5.41, 5.74) is 0.853. The van der Waals surface area contributed by atoms with Crippen LogP contribution in [0.15, 0.2) is 34.7 Å². The maximum Gasteiger partial charge on any atom is 0.261 e. The molecule has 1 aliphatic heterocycles. The molecule has 0 N–H and O–H groups in total. The van der Waals surface area contributed by atoms with Crippen molar-refractivity contribution >= 4 is 27.3 Å². The molecule has 1 fully saturated rings. The Kier molecular flexibility index (Phi) is 5.81. The van der Waals surface area contributed by atoms with Gasteiger partial charge < -0.3 is 14.1 Å². The molecule has 0 saturated carbocycles. The van der Waals surface area contributed by atoms with Gasteiger partial charge in [0.1, 0.15) is 17.3 Å². The van der Waals surface area contributed by atoms with E-state index >= 15 is 0 Å². The van der Waals surface area contributed by atoms with Gasteiger partial charge >= 0.3 is 0 Å². The number of carbonyl (C=O) groups excluding carboxylic acids is 1. The highest BCUT2D eigenvalue weighted by Crippen LogP contribution is 2.23. The van der Waals surface area contributed by atoms with Crippen LogP contribution in [0.4, 0.5) is 0 Å². The van der Waals surface area contributed by atoms with Gasteiger partial charge in [-0.05, 0) is 56.2 Å². The fraction of sp³-hybridized carbons (Fsp3) is 0.421. The first-order valence-corrected chi connectivity index (χ1v) is 10.9. The molecule has 1 aliphatic rings. The van der Waals surface area contributed by atoms with E-state index in [-0.39, 0.29) is 36.6 Å².